The molecule has 0 unspecified atom stereocenters. The van der Waals surface area contributed by atoms with Crippen molar-refractivity contribution >= 4 is 34.5 Å². The lowest BCUT2D eigenvalue weighted by molar-refractivity contribution is -0.144. The molecule has 0 aliphatic carbocycles. The average molecular weight is 351 g/mol. The van der Waals surface area contributed by atoms with E-state index in [-0.39, 0.29) is 11.3 Å². The Labute approximate surface area is 140 Å². The highest BCUT2D eigenvalue weighted by Crippen LogP contribution is 2.30. The van der Waals surface area contributed by atoms with E-state index in [1.165, 1.54) is 12.3 Å². The number of nitrogens with zero attached hydrogens (tertiary/aromatic N) is 3. The van der Waals surface area contributed by atoms with Crippen LogP contribution in [0.3, 0.4) is 0 Å². The Morgan fingerprint density at radius 3 is 2.42 bits per heavy atom. The van der Waals surface area contributed by atoms with E-state index < -0.39 is 12.0 Å². The van der Waals surface area contributed by atoms with Crippen LogP contribution in [-0.4, -0.2) is 16.2 Å². The minimum atomic E-state index is -4.64. The summed E-state index contributed by atoms with van der Waals surface area (Å²) in [5, 5.41) is 4.96. The molecule has 1 N–H and O–H groups in total. The van der Waals surface area contributed by atoms with Gasteiger partial charge in [0.15, 0.2) is 5.82 Å². The van der Waals surface area contributed by atoms with Crippen LogP contribution in [0.15, 0.2) is 53.6 Å². The number of aromatic nitrogens is 2. The van der Waals surface area contributed by atoms with Crippen LogP contribution in [0.2, 0.25) is 5.02 Å². The van der Waals surface area contributed by atoms with Crippen molar-refractivity contribution in [3.8, 4) is 0 Å². The van der Waals surface area contributed by atoms with E-state index in [0.717, 1.165) is 5.56 Å². The molecule has 8 heteroatoms. The van der Waals surface area contributed by atoms with Gasteiger partial charge in [0, 0.05) is 10.4 Å². The van der Waals surface area contributed by atoms with Crippen molar-refractivity contribution in [2.75, 3.05) is 5.43 Å². The number of nitrogens with one attached hydrogen (secondary N) is 1. The van der Waals surface area contributed by atoms with Gasteiger partial charge in [0.05, 0.1) is 11.7 Å². The van der Waals surface area contributed by atoms with Gasteiger partial charge in [0.2, 0.25) is 5.82 Å². The number of hydrogen-bond donors (Lipinski definition) is 1. The van der Waals surface area contributed by atoms with E-state index in [1.807, 2.05) is 0 Å². The summed E-state index contributed by atoms with van der Waals surface area (Å²) in [6, 6.07) is 13.2. The Balaban J connectivity index is 1.94. The molecule has 0 aliphatic heterocycles. The minimum absolute atomic E-state index is 0.0156. The fraction of sp³-hybridized carbons (Fsp3) is 0.0625. The molecule has 0 atom stereocenters. The van der Waals surface area contributed by atoms with E-state index in [2.05, 4.69) is 20.5 Å². The Morgan fingerprint density at radius 2 is 1.71 bits per heavy atom. The average Bonchev–Trinajstić information content (AvgIpc) is 2.55. The number of rotatable bonds is 3. The molecular formula is C16H10ClF3N4. The standard InChI is InChI=1S/C16H10ClF3N4/c17-11-7-5-10(6-8-11)9-21-24-14-12-3-1-2-4-13(12)22-15(23-14)16(18,19)20/h1-9H,(H,22,23,24). The summed E-state index contributed by atoms with van der Waals surface area (Å²) in [4.78, 5) is 7.08. The number of hydrogen-bond acceptors (Lipinski definition) is 4. The maximum atomic E-state index is 12.9. The van der Waals surface area contributed by atoms with Crippen LogP contribution in [0.1, 0.15) is 11.4 Å². The molecule has 1 heterocycles. The maximum absolute atomic E-state index is 12.9. The highest BCUT2D eigenvalue weighted by atomic mass is 35.5. The highest BCUT2D eigenvalue weighted by molar-refractivity contribution is 6.30. The van der Waals surface area contributed by atoms with Gasteiger partial charge in [0.25, 0.3) is 0 Å². The van der Waals surface area contributed by atoms with E-state index in [4.69, 9.17) is 11.6 Å². The van der Waals surface area contributed by atoms with Gasteiger partial charge >= 0.3 is 6.18 Å². The quantitative estimate of drug-likeness (QED) is 0.548. The zero-order valence-electron chi connectivity index (χ0n) is 12.0. The maximum Gasteiger partial charge on any atom is 0.451 e. The molecule has 4 nitrogen and oxygen atoms in total. The lowest BCUT2D eigenvalue weighted by Crippen LogP contribution is -2.12. The number of alkyl halides is 3. The molecule has 0 spiro atoms. The van der Waals surface area contributed by atoms with Crippen LogP contribution >= 0.6 is 11.6 Å². The zero-order valence-corrected chi connectivity index (χ0v) is 12.8. The van der Waals surface area contributed by atoms with Crippen molar-refractivity contribution in [1.82, 2.24) is 9.97 Å². The van der Waals surface area contributed by atoms with Crippen molar-refractivity contribution < 1.29 is 13.2 Å². The molecule has 1 aromatic heterocycles. The van der Waals surface area contributed by atoms with E-state index in [9.17, 15) is 13.2 Å². The van der Waals surface area contributed by atoms with Crippen molar-refractivity contribution in [3.63, 3.8) is 0 Å². The van der Waals surface area contributed by atoms with Crippen molar-refractivity contribution in [3.05, 3.63) is 64.9 Å². The second-order valence-electron chi connectivity index (χ2n) is 4.83. The molecule has 0 fully saturated rings. The number of hydrazone groups is 1. The zero-order chi connectivity index (χ0) is 17.2. The molecule has 0 saturated carbocycles. The molecule has 0 bridgehead atoms. The van der Waals surface area contributed by atoms with Gasteiger partial charge in [-0.15, -0.1) is 0 Å². The van der Waals surface area contributed by atoms with Gasteiger partial charge in [-0.05, 0) is 29.8 Å². The first-order valence-electron chi connectivity index (χ1n) is 6.82. The first kappa shape index (κ1) is 16.2. The summed E-state index contributed by atoms with van der Waals surface area (Å²) in [7, 11) is 0. The predicted octanol–water partition coefficient (Wildman–Crippen LogP) is 4.75. The van der Waals surface area contributed by atoms with Crippen molar-refractivity contribution in [1.29, 1.82) is 0 Å². The highest BCUT2D eigenvalue weighted by Gasteiger charge is 2.35. The lowest BCUT2D eigenvalue weighted by Gasteiger charge is -2.09. The number of halogens is 4. The summed E-state index contributed by atoms with van der Waals surface area (Å²) in [5.41, 5.74) is 3.47. The predicted molar refractivity (Wildman–Crippen MR) is 87.2 cm³/mol. The van der Waals surface area contributed by atoms with Gasteiger partial charge in [-0.2, -0.15) is 18.3 Å². The number of anilines is 1. The molecule has 2 aromatic carbocycles. The van der Waals surface area contributed by atoms with Crippen LogP contribution in [0.4, 0.5) is 19.0 Å². The first-order chi connectivity index (χ1) is 11.4. The molecule has 0 saturated heterocycles. The van der Waals surface area contributed by atoms with Crippen LogP contribution in [0.5, 0.6) is 0 Å². The third-order valence-electron chi connectivity index (χ3n) is 3.11. The Hall–Kier alpha value is -2.67. The smallest absolute Gasteiger partial charge is 0.261 e. The van der Waals surface area contributed by atoms with E-state index >= 15 is 0 Å². The molecule has 0 radical (unpaired) electrons. The lowest BCUT2D eigenvalue weighted by atomic mass is 10.2. The normalized spacial score (nSPS) is 12.0. The number of fused-ring (bicyclic) bond motifs is 1. The fourth-order valence-electron chi connectivity index (χ4n) is 2.01. The second kappa shape index (κ2) is 6.45. The molecule has 3 aromatic rings. The third-order valence-corrected chi connectivity index (χ3v) is 3.36. The number of para-hydroxylation sites is 1. The van der Waals surface area contributed by atoms with Gasteiger partial charge in [0.1, 0.15) is 0 Å². The van der Waals surface area contributed by atoms with E-state index in [0.29, 0.717) is 10.4 Å². The van der Waals surface area contributed by atoms with Gasteiger partial charge in [-0.1, -0.05) is 35.9 Å². The van der Waals surface area contributed by atoms with Crippen LogP contribution < -0.4 is 5.43 Å². The Morgan fingerprint density at radius 1 is 1.00 bits per heavy atom. The summed E-state index contributed by atoms with van der Waals surface area (Å²) in [6.45, 7) is 0. The molecule has 3 rings (SSSR count). The Bertz CT molecular complexity index is 892. The molecule has 0 amide bonds. The van der Waals surface area contributed by atoms with Crippen molar-refractivity contribution in [2.45, 2.75) is 6.18 Å². The molecular weight excluding hydrogens is 341 g/mol. The third kappa shape index (κ3) is 3.62. The van der Waals surface area contributed by atoms with Crippen LogP contribution in [0.25, 0.3) is 10.9 Å². The summed E-state index contributed by atoms with van der Waals surface area (Å²) in [6.07, 6.45) is -3.18. The Kier molecular flexibility index (Phi) is 4.35. The summed E-state index contributed by atoms with van der Waals surface area (Å²) in [5.74, 6) is -1.23. The SMILES string of the molecule is FC(F)(F)c1nc(NN=Cc2ccc(Cl)cc2)c2ccccc2n1. The first-order valence-corrected chi connectivity index (χ1v) is 7.20. The number of benzene rings is 2. The van der Waals surface area contributed by atoms with E-state index in [1.54, 1.807) is 42.5 Å². The van der Waals surface area contributed by atoms with Gasteiger partial charge in [-0.3, -0.25) is 5.43 Å². The van der Waals surface area contributed by atoms with Crippen molar-refractivity contribution in [2.24, 2.45) is 5.10 Å². The summed E-state index contributed by atoms with van der Waals surface area (Å²) < 4.78 is 38.8. The molecule has 0 aliphatic rings. The monoisotopic (exact) mass is 350 g/mol. The summed E-state index contributed by atoms with van der Waals surface area (Å²) >= 11 is 5.78. The second-order valence-corrected chi connectivity index (χ2v) is 5.27. The topological polar surface area (TPSA) is 50.2 Å². The largest absolute Gasteiger partial charge is 0.451 e. The van der Waals surface area contributed by atoms with Crippen LogP contribution in [0, 0.1) is 0 Å². The van der Waals surface area contributed by atoms with Gasteiger partial charge in [-0.25, -0.2) is 9.97 Å². The fourth-order valence-corrected chi connectivity index (χ4v) is 2.13. The molecule has 24 heavy (non-hydrogen) atoms. The van der Waals surface area contributed by atoms with Crippen LogP contribution in [-0.2, 0) is 6.18 Å². The molecule has 122 valence electrons. The minimum Gasteiger partial charge on any atom is -0.261 e. The van der Waals surface area contributed by atoms with Gasteiger partial charge < -0.3 is 0 Å².